The van der Waals surface area contributed by atoms with Gasteiger partial charge in [0.1, 0.15) is 0 Å². The molecule has 3 rings (SSSR count). The molecule has 0 unspecified atom stereocenters. The molecule has 2 amide bonds. The molecule has 7 nitrogen and oxygen atoms in total. The number of hydrogen-bond donors (Lipinski definition) is 0. The van der Waals surface area contributed by atoms with Gasteiger partial charge in [-0.15, -0.1) is 0 Å². The van der Waals surface area contributed by atoms with E-state index in [2.05, 4.69) is 0 Å². The second-order valence-corrected chi connectivity index (χ2v) is 4.43. The number of nitro groups is 1. The number of anilines is 1. The summed E-state index contributed by atoms with van der Waals surface area (Å²) in [6, 6.07) is 4.31. The van der Waals surface area contributed by atoms with Crippen LogP contribution in [0, 0.1) is 10.1 Å². The van der Waals surface area contributed by atoms with Crippen LogP contribution in [0.2, 0.25) is 0 Å². The zero-order chi connectivity index (χ0) is 14.4. The molecular formula is C13H9N3O4. The van der Waals surface area contributed by atoms with Crippen LogP contribution in [0.4, 0.5) is 11.4 Å². The van der Waals surface area contributed by atoms with Crippen LogP contribution in [-0.2, 0) is 16.6 Å². The Labute approximate surface area is 112 Å². The molecule has 0 fully saturated rings. The predicted octanol–water partition coefficient (Wildman–Crippen LogP) is 1.52. The van der Waals surface area contributed by atoms with Gasteiger partial charge in [0.2, 0.25) is 0 Å². The number of carbonyl (C=O) groups is 2. The predicted molar refractivity (Wildman–Crippen MR) is 71.2 cm³/mol. The van der Waals surface area contributed by atoms with Crippen molar-refractivity contribution in [1.82, 2.24) is 4.57 Å². The molecule has 1 aromatic heterocycles. The van der Waals surface area contributed by atoms with Crippen LogP contribution >= 0.6 is 0 Å². The first kappa shape index (κ1) is 12.1. The number of fused-ring (bicyclic) bond motifs is 1. The third-order valence-corrected chi connectivity index (χ3v) is 3.21. The van der Waals surface area contributed by atoms with Crippen molar-refractivity contribution in [2.75, 3.05) is 4.90 Å². The first-order valence-electron chi connectivity index (χ1n) is 5.78. The number of rotatable bonds is 2. The highest BCUT2D eigenvalue weighted by Crippen LogP contribution is 2.32. The van der Waals surface area contributed by atoms with Crippen molar-refractivity contribution in [2.45, 2.75) is 0 Å². The number of amides is 2. The molecular weight excluding hydrogens is 262 g/mol. The Balaban J connectivity index is 2.21. The highest BCUT2D eigenvalue weighted by atomic mass is 16.6. The summed E-state index contributed by atoms with van der Waals surface area (Å²) in [5, 5.41) is 11.4. The highest BCUT2D eigenvalue weighted by molar-refractivity contribution is 6.30. The van der Waals surface area contributed by atoms with E-state index in [4.69, 9.17) is 0 Å². The van der Waals surface area contributed by atoms with Gasteiger partial charge in [-0.1, -0.05) is 0 Å². The van der Waals surface area contributed by atoms with Gasteiger partial charge >= 0.3 is 0 Å². The lowest BCUT2D eigenvalue weighted by molar-refractivity contribution is -0.384. The fourth-order valence-electron chi connectivity index (χ4n) is 2.28. The second-order valence-electron chi connectivity index (χ2n) is 4.43. The molecule has 0 saturated heterocycles. The summed E-state index contributed by atoms with van der Waals surface area (Å²) >= 11 is 0. The number of non-ortho nitro benzene ring substituents is 1. The number of benzene rings is 1. The summed E-state index contributed by atoms with van der Waals surface area (Å²) in [6.45, 7) is 0. The number of hydrogen-bond acceptors (Lipinski definition) is 4. The molecule has 0 spiro atoms. The molecule has 1 aliphatic heterocycles. The Bertz CT molecular complexity index is 785. The zero-order valence-corrected chi connectivity index (χ0v) is 10.4. The van der Waals surface area contributed by atoms with E-state index in [1.807, 2.05) is 0 Å². The molecule has 1 aromatic carbocycles. The number of carbonyl (C=O) groups excluding carboxylic acids is 2. The summed E-state index contributed by atoms with van der Waals surface area (Å²) in [7, 11) is 1.70. The van der Waals surface area contributed by atoms with Crippen LogP contribution in [0.1, 0.15) is 0 Å². The van der Waals surface area contributed by atoms with Gasteiger partial charge < -0.3 is 4.57 Å². The quantitative estimate of drug-likeness (QED) is 0.470. The highest BCUT2D eigenvalue weighted by Gasteiger charge is 2.28. The van der Waals surface area contributed by atoms with Gasteiger partial charge in [-0.2, -0.15) is 0 Å². The first-order valence-corrected chi connectivity index (χ1v) is 5.78. The topological polar surface area (TPSA) is 85.5 Å². The van der Waals surface area contributed by atoms with Gasteiger partial charge in [0, 0.05) is 42.9 Å². The van der Waals surface area contributed by atoms with Crippen LogP contribution in [-0.4, -0.2) is 21.3 Å². The molecule has 2 heterocycles. The number of aryl methyl sites for hydroxylation is 1. The molecule has 20 heavy (non-hydrogen) atoms. The van der Waals surface area contributed by atoms with E-state index < -0.39 is 16.7 Å². The molecule has 0 radical (unpaired) electrons. The Morgan fingerprint density at radius 3 is 2.40 bits per heavy atom. The van der Waals surface area contributed by atoms with Gasteiger partial charge in [-0.05, 0) is 6.07 Å². The van der Waals surface area contributed by atoms with Gasteiger partial charge in [0.25, 0.3) is 17.5 Å². The Morgan fingerprint density at radius 1 is 1.15 bits per heavy atom. The van der Waals surface area contributed by atoms with E-state index in [0.717, 1.165) is 4.90 Å². The Kier molecular flexibility index (Phi) is 2.43. The van der Waals surface area contributed by atoms with Crippen molar-refractivity contribution >= 4 is 34.1 Å². The van der Waals surface area contributed by atoms with Crippen LogP contribution in [0.25, 0.3) is 10.9 Å². The molecule has 0 saturated carbocycles. The van der Waals surface area contributed by atoms with Crippen LogP contribution in [0.5, 0.6) is 0 Å². The normalized spacial score (nSPS) is 14.6. The van der Waals surface area contributed by atoms with Gasteiger partial charge in [0.05, 0.1) is 16.1 Å². The largest absolute Gasteiger partial charge is 0.348 e. The van der Waals surface area contributed by atoms with Crippen LogP contribution < -0.4 is 4.90 Å². The minimum atomic E-state index is -0.486. The maximum absolute atomic E-state index is 11.7. The molecule has 0 N–H and O–H groups in total. The maximum Gasteiger partial charge on any atom is 0.271 e. The van der Waals surface area contributed by atoms with Crippen molar-refractivity contribution in [3.8, 4) is 0 Å². The van der Waals surface area contributed by atoms with E-state index in [1.54, 1.807) is 23.9 Å². The Morgan fingerprint density at radius 2 is 1.80 bits per heavy atom. The van der Waals surface area contributed by atoms with E-state index in [-0.39, 0.29) is 5.69 Å². The SMILES string of the molecule is Cn1cc(N2C(=O)C=CC2=O)c2ccc([N+](=O)[O-])cc21. The third kappa shape index (κ3) is 1.60. The maximum atomic E-state index is 11.7. The van der Waals surface area contributed by atoms with E-state index >= 15 is 0 Å². The fraction of sp³-hybridized carbons (Fsp3) is 0.0769. The van der Waals surface area contributed by atoms with Crippen molar-refractivity contribution in [2.24, 2.45) is 7.05 Å². The van der Waals surface area contributed by atoms with E-state index in [1.165, 1.54) is 24.3 Å². The van der Waals surface area contributed by atoms with Gasteiger partial charge in [-0.3, -0.25) is 19.7 Å². The average molecular weight is 271 g/mol. The summed E-state index contributed by atoms with van der Waals surface area (Å²) < 4.78 is 1.65. The summed E-state index contributed by atoms with van der Waals surface area (Å²) in [6.07, 6.45) is 4.01. The number of imide groups is 1. The fourth-order valence-corrected chi connectivity index (χ4v) is 2.28. The summed E-state index contributed by atoms with van der Waals surface area (Å²) in [5.74, 6) is -0.832. The minimum absolute atomic E-state index is 0.0394. The first-order chi connectivity index (χ1) is 9.49. The lowest BCUT2D eigenvalue weighted by Gasteiger charge is -2.11. The molecule has 1 aliphatic rings. The lowest BCUT2D eigenvalue weighted by atomic mass is 10.2. The average Bonchev–Trinajstić information content (AvgIpc) is 2.90. The summed E-state index contributed by atoms with van der Waals surface area (Å²) in [4.78, 5) is 34.8. The molecule has 7 heteroatoms. The van der Waals surface area contributed by atoms with Crippen LogP contribution in [0.15, 0.2) is 36.5 Å². The van der Waals surface area contributed by atoms with Crippen molar-refractivity contribution < 1.29 is 14.5 Å². The molecule has 2 aromatic rings. The van der Waals surface area contributed by atoms with Crippen molar-refractivity contribution in [1.29, 1.82) is 0 Å². The van der Waals surface area contributed by atoms with Gasteiger partial charge in [-0.25, -0.2) is 4.90 Å². The zero-order valence-electron chi connectivity index (χ0n) is 10.4. The van der Waals surface area contributed by atoms with E-state index in [0.29, 0.717) is 16.6 Å². The molecule has 0 atom stereocenters. The molecule has 0 aliphatic carbocycles. The number of aromatic nitrogens is 1. The number of nitrogens with zero attached hydrogens (tertiary/aromatic N) is 3. The standard InChI is InChI=1S/C13H9N3O4/c1-14-7-11(15-12(17)4-5-13(15)18)9-3-2-8(16(19)20)6-10(9)14/h2-7H,1H3. The molecule has 0 bridgehead atoms. The monoisotopic (exact) mass is 271 g/mol. The third-order valence-electron chi connectivity index (χ3n) is 3.21. The van der Waals surface area contributed by atoms with Crippen molar-refractivity contribution in [3.63, 3.8) is 0 Å². The summed E-state index contributed by atoms with van der Waals surface area (Å²) in [5.41, 5.74) is 0.974. The molecule has 100 valence electrons. The van der Waals surface area contributed by atoms with Crippen molar-refractivity contribution in [3.05, 3.63) is 46.7 Å². The second kappa shape index (κ2) is 4.02. The van der Waals surface area contributed by atoms with E-state index in [9.17, 15) is 19.7 Å². The number of nitro benzene ring substituents is 1. The Hall–Kier alpha value is -2.96. The van der Waals surface area contributed by atoms with Gasteiger partial charge in [0.15, 0.2) is 0 Å². The smallest absolute Gasteiger partial charge is 0.271 e. The minimum Gasteiger partial charge on any atom is -0.348 e. The van der Waals surface area contributed by atoms with Crippen LogP contribution in [0.3, 0.4) is 0 Å². The lowest BCUT2D eigenvalue weighted by Crippen LogP contribution is -2.29.